The molecule has 0 radical (unpaired) electrons. The molecule has 2 saturated heterocycles. The zero-order valence-corrected chi connectivity index (χ0v) is 16.8. The van der Waals surface area contributed by atoms with Crippen molar-refractivity contribution in [3.8, 4) is 0 Å². The number of sulfonamides is 1. The van der Waals surface area contributed by atoms with Gasteiger partial charge in [0, 0.05) is 45.2 Å². The Kier molecular flexibility index (Phi) is 7.46. The zero-order chi connectivity index (χ0) is 17.9. The molecule has 0 aromatic heterocycles. The summed E-state index contributed by atoms with van der Waals surface area (Å²) in [6.07, 6.45) is 2.97. The zero-order valence-electron chi connectivity index (χ0n) is 15.2. The second-order valence-corrected chi connectivity index (χ2v) is 8.83. The van der Waals surface area contributed by atoms with Gasteiger partial charge in [0.1, 0.15) is 0 Å². The van der Waals surface area contributed by atoms with Crippen LogP contribution in [0.2, 0.25) is 0 Å². The van der Waals surface area contributed by atoms with Crippen LogP contribution in [0.3, 0.4) is 0 Å². The van der Waals surface area contributed by atoms with Crippen LogP contribution in [0.25, 0.3) is 0 Å². The highest BCUT2D eigenvalue weighted by Gasteiger charge is 2.27. The van der Waals surface area contributed by atoms with Crippen molar-refractivity contribution in [3.05, 3.63) is 29.8 Å². The highest BCUT2D eigenvalue weighted by atomic mass is 35.5. The van der Waals surface area contributed by atoms with Crippen LogP contribution in [-0.4, -0.2) is 62.3 Å². The topological polar surface area (TPSA) is 69.7 Å². The number of rotatable bonds is 5. The van der Waals surface area contributed by atoms with Gasteiger partial charge in [0.2, 0.25) is 15.9 Å². The minimum atomic E-state index is -3.36. The van der Waals surface area contributed by atoms with Gasteiger partial charge in [-0.1, -0.05) is 12.1 Å². The normalized spacial score (nSPS) is 21.4. The summed E-state index contributed by atoms with van der Waals surface area (Å²) >= 11 is 0. The average molecular weight is 402 g/mol. The number of aryl methyl sites for hydroxylation is 1. The summed E-state index contributed by atoms with van der Waals surface area (Å²) in [5, 5.41) is 3.28. The molecule has 0 bridgehead atoms. The molecule has 1 atom stereocenters. The number of amides is 1. The maximum Gasteiger partial charge on any atom is 0.243 e. The molecule has 0 saturated carbocycles. The van der Waals surface area contributed by atoms with Gasteiger partial charge in [-0.15, -0.1) is 12.4 Å². The van der Waals surface area contributed by atoms with E-state index < -0.39 is 10.0 Å². The second-order valence-electron chi connectivity index (χ2n) is 6.90. The lowest BCUT2D eigenvalue weighted by molar-refractivity contribution is -0.133. The van der Waals surface area contributed by atoms with Crippen LogP contribution >= 0.6 is 12.4 Å². The van der Waals surface area contributed by atoms with Crippen molar-refractivity contribution in [2.24, 2.45) is 0 Å². The van der Waals surface area contributed by atoms with Gasteiger partial charge >= 0.3 is 0 Å². The summed E-state index contributed by atoms with van der Waals surface area (Å²) in [4.78, 5) is 14.7. The number of hydrogen-bond acceptors (Lipinski definition) is 4. The Morgan fingerprint density at radius 1 is 1.15 bits per heavy atom. The van der Waals surface area contributed by atoms with E-state index >= 15 is 0 Å². The molecule has 8 heteroatoms. The molecule has 1 unspecified atom stereocenters. The molecule has 2 heterocycles. The first kappa shape index (κ1) is 21.2. The van der Waals surface area contributed by atoms with E-state index in [1.54, 1.807) is 16.4 Å². The first-order valence-corrected chi connectivity index (χ1v) is 10.5. The molecule has 0 spiro atoms. The van der Waals surface area contributed by atoms with Crippen molar-refractivity contribution in [2.45, 2.75) is 43.5 Å². The fourth-order valence-corrected chi connectivity index (χ4v) is 5.03. The molecule has 1 aromatic rings. The minimum Gasteiger partial charge on any atom is -0.337 e. The summed E-state index contributed by atoms with van der Waals surface area (Å²) in [5.41, 5.74) is 0.997. The molecule has 6 nitrogen and oxygen atoms in total. The number of hydrogen-bond donors (Lipinski definition) is 1. The molecule has 2 fully saturated rings. The van der Waals surface area contributed by atoms with Crippen molar-refractivity contribution >= 4 is 28.3 Å². The molecule has 146 valence electrons. The Bertz CT molecular complexity index is 703. The lowest BCUT2D eigenvalue weighted by atomic mass is 10.1. The predicted molar refractivity (Wildman–Crippen MR) is 104 cm³/mol. The van der Waals surface area contributed by atoms with E-state index in [0.717, 1.165) is 38.0 Å². The Balaban J connectivity index is 0.00000243. The summed E-state index contributed by atoms with van der Waals surface area (Å²) in [6, 6.07) is 7.23. The molecule has 26 heavy (non-hydrogen) atoms. The van der Waals surface area contributed by atoms with Gasteiger partial charge in [-0.2, -0.15) is 4.31 Å². The van der Waals surface area contributed by atoms with E-state index in [0.29, 0.717) is 30.8 Å². The molecular formula is C18H28ClN3O3S. The van der Waals surface area contributed by atoms with Gasteiger partial charge in [0.15, 0.2) is 0 Å². The van der Waals surface area contributed by atoms with E-state index in [9.17, 15) is 13.2 Å². The Hall–Kier alpha value is -1.15. The Morgan fingerprint density at radius 2 is 1.81 bits per heavy atom. The average Bonchev–Trinajstić information content (AvgIpc) is 3.16. The predicted octanol–water partition coefficient (Wildman–Crippen LogP) is 1.65. The molecule has 1 N–H and O–H groups in total. The van der Waals surface area contributed by atoms with Crippen LogP contribution in [0.15, 0.2) is 29.2 Å². The third-order valence-electron chi connectivity index (χ3n) is 5.08. The van der Waals surface area contributed by atoms with Crippen LogP contribution in [-0.2, 0) is 21.2 Å². The second kappa shape index (κ2) is 9.17. The number of nitrogens with zero attached hydrogens (tertiary/aromatic N) is 2. The quantitative estimate of drug-likeness (QED) is 0.814. The summed E-state index contributed by atoms with van der Waals surface area (Å²) in [6.45, 7) is 5.73. The highest BCUT2D eigenvalue weighted by molar-refractivity contribution is 7.89. The van der Waals surface area contributed by atoms with E-state index in [2.05, 4.69) is 12.2 Å². The molecule has 0 aliphatic carbocycles. The maximum absolute atomic E-state index is 12.5. The number of carbonyl (C=O) groups excluding carboxylic acids is 1. The van der Waals surface area contributed by atoms with E-state index in [1.807, 2.05) is 17.0 Å². The number of benzene rings is 1. The van der Waals surface area contributed by atoms with Crippen LogP contribution in [0.5, 0.6) is 0 Å². The monoisotopic (exact) mass is 401 g/mol. The van der Waals surface area contributed by atoms with Gasteiger partial charge < -0.3 is 10.2 Å². The van der Waals surface area contributed by atoms with Crippen LogP contribution in [0.4, 0.5) is 0 Å². The first-order valence-electron chi connectivity index (χ1n) is 9.08. The van der Waals surface area contributed by atoms with Crippen molar-refractivity contribution < 1.29 is 13.2 Å². The summed E-state index contributed by atoms with van der Waals surface area (Å²) < 4.78 is 26.6. The first-order chi connectivity index (χ1) is 12.0. The maximum atomic E-state index is 12.5. The number of halogens is 1. The number of carbonyl (C=O) groups is 1. The third-order valence-corrected chi connectivity index (χ3v) is 6.99. The molecule has 1 amide bonds. The Morgan fingerprint density at radius 3 is 2.42 bits per heavy atom. The standard InChI is InChI=1S/C18H27N3O3S.ClH/c1-15-14-19-10-13-21(15)18(22)9-6-16-4-7-17(8-5-16)25(23,24)20-11-2-3-12-20;/h4-5,7-8,15,19H,2-3,6,9-14H2,1H3;1H. The van der Waals surface area contributed by atoms with Gasteiger partial charge in [-0.05, 0) is 43.9 Å². The van der Waals surface area contributed by atoms with Crippen LogP contribution < -0.4 is 5.32 Å². The largest absolute Gasteiger partial charge is 0.337 e. The smallest absolute Gasteiger partial charge is 0.243 e. The van der Waals surface area contributed by atoms with Crippen molar-refractivity contribution in [1.29, 1.82) is 0 Å². The van der Waals surface area contributed by atoms with Crippen molar-refractivity contribution in [1.82, 2.24) is 14.5 Å². The van der Waals surface area contributed by atoms with Gasteiger partial charge in [0.05, 0.1) is 4.90 Å². The molecule has 1 aromatic carbocycles. The molecule has 3 rings (SSSR count). The van der Waals surface area contributed by atoms with Gasteiger partial charge in [-0.3, -0.25) is 4.79 Å². The highest BCUT2D eigenvalue weighted by Crippen LogP contribution is 2.21. The number of piperazine rings is 1. The minimum absolute atomic E-state index is 0. The SMILES string of the molecule is CC1CNCCN1C(=O)CCc1ccc(S(=O)(=O)N2CCCC2)cc1.Cl. The van der Waals surface area contributed by atoms with E-state index in [1.165, 1.54) is 0 Å². The lowest BCUT2D eigenvalue weighted by Crippen LogP contribution is -2.52. The van der Waals surface area contributed by atoms with Gasteiger partial charge in [-0.25, -0.2) is 8.42 Å². The summed E-state index contributed by atoms with van der Waals surface area (Å²) in [7, 11) is -3.36. The molecule has 2 aliphatic rings. The molecular weight excluding hydrogens is 374 g/mol. The fraction of sp³-hybridized carbons (Fsp3) is 0.611. The van der Waals surface area contributed by atoms with Crippen LogP contribution in [0.1, 0.15) is 31.7 Å². The number of nitrogens with one attached hydrogen (secondary N) is 1. The Labute approximate surface area is 162 Å². The third kappa shape index (κ3) is 4.76. The van der Waals surface area contributed by atoms with E-state index in [-0.39, 0.29) is 24.4 Å². The lowest BCUT2D eigenvalue weighted by Gasteiger charge is -2.34. The van der Waals surface area contributed by atoms with Crippen LogP contribution in [0, 0.1) is 0 Å². The fourth-order valence-electron chi connectivity index (χ4n) is 3.51. The molecule has 2 aliphatic heterocycles. The summed E-state index contributed by atoms with van der Waals surface area (Å²) in [5.74, 6) is 0.169. The van der Waals surface area contributed by atoms with Gasteiger partial charge in [0.25, 0.3) is 0 Å². The van der Waals surface area contributed by atoms with Crippen molar-refractivity contribution in [3.63, 3.8) is 0 Å². The van der Waals surface area contributed by atoms with E-state index in [4.69, 9.17) is 0 Å². The van der Waals surface area contributed by atoms with Crippen molar-refractivity contribution in [2.75, 3.05) is 32.7 Å².